The molecule has 1 aromatic heterocycles. The summed E-state index contributed by atoms with van der Waals surface area (Å²) in [6.45, 7) is 7.17. The summed E-state index contributed by atoms with van der Waals surface area (Å²) in [5, 5.41) is 0. The highest BCUT2D eigenvalue weighted by atomic mass is 19.1. The van der Waals surface area contributed by atoms with Crippen molar-refractivity contribution in [1.82, 2.24) is 9.88 Å². The highest BCUT2D eigenvalue weighted by Gasteiger charge is 2.17. The summed E-state index contributed by atoms with van der Waals surface area (Å²) < 4.78 is 13.8. The van der Waals surface area contributed by atoms with Crippen LogP contribution >= 0.6 is 0 Å². The van der Waals surface area contributed by atoms with Crippen molar-refractivity contribution in [2.45, 2.75) is 13.8 Å². The highest BCUT2D eigenvalue weighted by Crippen LogP contribution is 2.37. The van der Waals surface area contributed by atoms with Gasteiger partial charge in [0.1, 0.15) is 5.82 Å². The van der Waals surface area contributed by atoms with E-state index in [0.717, 1.165) is 16.7 Å². The standard InChI is InChI=1S/C24H23FN4O/c1-6-27-21-10-8-16(13-22(21)26-3)19-12-18(24(30)29(4)5)14-28-23(19)17-7-9-20(25)15(2)11-17/h6-14H,3H2,1-2,4-5H3/b27-6-. The zero-order valence-electron chi connectivity index (χ0n) is 17.5. The molecule has 0 N–H and O–H groups in total. The van der Waals surface area contributed by atoms with Crippen molar-refractivity contribution in [2.24, 2.45) is 9.98 Å². The van der Waals surface area contributed by atoms with Gasteiger partial charge in [-0.05, 0) is 68.1 Å². The minimum atomic E-state index is -0.278. The fourth-order valence-electron chi connectivity index (χ4n) is 3.15. The minimum absolute atomic E-state index is 0.153. The number of carbonyl (C=O) groups excluding carboxylic acids is 1. The number of hydrogen-bond acceptors (Lipinski definition) is 4. The zero-order chi connectivity index (χ0) is 21.8. The summed E-state index contributed by atoms with van der Waals surface area (Å²) in [5.74, 6) is -0.431. The molecule has 3 aromatic rings. The molecule has 0 spiro atoms. The van der Waals surface area contributed by atoms with E-state index < -0.39 is 0 Å². The Balaban J connectivity index is 2.26. The average molecular weight is 402 g/mol. The first kappa shape index (κ1) is 21.0. The van der Waals surface area contributed by atoms with Gasteiger partial charge in [-0.3, -0.25) is 19.8 Å². The molecule has 0 saturated heterocycles. The van der Waals surface area contributed by atoms with E-state index >= 15 is 0 Å². The number of pyridine rings is 1. The SMILES string of the molecule is C=Nc1cc(-c2cc(C(=O)N(C)C)cnc2-c2ccc(F)c(C)c2)ccc1/N=C\C. The van der Waals surface area contributed by atoms with Crippen LogP contribution in [0.5, 0.6) is 0 Å². The molecule has 0 aliphatic heterocycles. The first-order valence-corrected chi connectivity index (χ1v) is 9.43. The maximum atomic E-state index is 13.8. The van der Waals surface area contributed by atoms with E-state index in [1.165, 1.54) is 11.0 Å². The second-order valence-corrected chi connectivity index (χ2v) is 7.03. The van der Waals surface area contributed by atoms with Crippen molar-refractivity contribution < 1.29 is 9.18 Å². The van der Waals surface area contributed by atoms with Crippen LogP contribution in [0.25, 0.3) is 22.4 Å². The molecule has 0 fully saturated rings. The Bertz CT molecular complexity index is 1150. The molecule has 30 heavy (non-hydrogen) atoms. The predicted octanol–water partition coefficient (Wildman–Crippen LogP) is 5.62. The predicted molar refractivity (Wildman–Crippen MR) is 121 cm³/mol. The van der Waals surface area contributed by atoms with Crippen LogP contribution in [-0.4, -0.2) is 42.8 Å². The quantitative estimate of drug-likeness (QED) is 0.520. The van der Waals surface area contributed by atoms with Crippen LogP contribution in [-0.2, 0) is 0 Å². The van der Waals surface area contributed by atoms with Gasteiger partial charge in [-0.2, -0.15) is 0 Å². The summed E-state index contributed by atoms with van der Waals surface area (Å²) in [6, 6.07) is 12.3. The molecule has 3 rings (SSSR count). The number of halogens is 1. The van der Waals surface area contributed by atoms with Gasteiger partial charge in [-0.25, -0.2) is 4.39 Å². The Morgan fingerprint density at radius 2 is 1.83 bits per heavy atom. The van der Waals surface area contributed by atoms with Gasteiger partial charge < -0.3 is 4.90 Å². The lowest BCUT2D eigenvalue weighted by atomic mass is 9.96. The monoisotopic (exact) mass is 402 g/mol. The van der Waals surface area contributed by atoms with E-state index in [4.69, 9.17) is 0 Å². The fraction of sp³-hybridized carbons (Fsp3) is 0.167. The number of hydrogen-bond donors (Lipinski definition) is 0. The minimum Gasteiger partial charge on any atom is -0.345 e. The molecule has 0 saturated carbocycles. The second-order valence-electron chi connectivity index (χ2n) is 7.03. The van der Waals surface area contributed by atoms with Gasteiger partial charge in [-0.1, -0.05) is 6.07 Å². The van der Waals surface area contributed by atoms with Crippen molar-refractivity contribution >= 4 is 30.2 Å². The Morgan fingerprint density at radius 3 is 2.47 bits per heavy atom. The molecule has 0 bridgehead atoms. The average Bonchev–Trinajstić information content (AvgIpc) is 2.75. The van der Waals surface area contributed by atoms with Crippen LogP contribution in [0, 0.1) is 12.7 Å². The first-order chi connectivity index (χ1) is 14.3. The van der Waals surface area contributed by atoms with Gasteiger partial charge in [0, 0.05) is 37.6 Å². The molecule has 0 unspecified atom stereocenters. The van der Waals surface area contributed by atoms with Crippen molar-refractivity contribution in [1.29, 1.82) is 0 Å². The number of aryl methyl sites for hydroxylation is 1. The van der Waals surface area contributed by atoms with Crippen molar-refractivity contribution in [3.63, 3.8) is 0 Å². The molecule has 5 nitrogen and oxygen atoms in total. The normalized spacial score (nSPS) is 11.0. The summed E-state index contributed by atoms with van der Waals surface area (Å²) in [7, 11) is 3.38. The second kappa shape index (κ2) is 8.78. The van der Waals surface area contributed by atoms with E-state index in [9.17, 15) is 9.18 Å². The number of amides is 1. The maximum absolute atomic E-state index is 13.8. The van der Waals surface area contributed by atoms with Crippen LogP contribution in [0.2, 0.25) is 0 Å². The molecular weight excluding hydrogens is 379 g/mol. The van der Waals surface area contributed by atoms with Crippen LogP contribution in [0.4, 0.5) is 15.8 Å². The molecule has 0 radical (unpaired) electrons. The summed E-state index contributed by atoms with van der Waals surface area (Å²) in [5.41, 5.74) is 5.26. The van der Waals surface area contributed by atoms with Gasteiger partial charge in [0.2, 0.25) is 0 Å². The molecule has 1 amide bonds. The van der Waals surface area contributed by atoms with Gasteiger partial charge in [-0.15, -0.1) is 0 Å². The summed E-state index contributed by atoms with van der Waals surface area (Å²) >= 11 is 0. The molecule has 0 aliphatic carbocycles. The third kappa shape index (κ3) is 4.17. The summed E-state index contributed by atoms with van der Waals surface area (Å²) in [6.07, 6.45) is 3.23. The largest absolute Gasteiger partial charge is 0.345 e. The number of aromatic nitrogens is 1. The van der Waals surface area contributed by atoms with Gasteiger partial charge in [0.25, 0.3) is 5.91 Å². The number of aliphatic imine (C=N–C) groups is 2. The maximum Gasteiger partial charge on any atom is 0.254 e. The Labute approximate surface area is 175 Å². The number of nitrogens with zero attached hydrogens (tertiary/aromatic N) is 4. The fourth-order valence-corrected chi connectivity index (χ4v) is 3.15. The smallest absolute Gasteiger partial charge is 0.254 e. The van der Waals surface area contributed by atoms with Gasteiger partial charge in [0.15, 0.2) is 0 Å². The Hall–Kier alpha value is -3.67. The number of rotatable bonds is 5. The lowest BCUT2D eigenvalue weighted by Crippen LogP contribution is -2.21. The van der Waals surface area contributed by atoms with E-state index in [1.807, 2.05) is 25.1 Å². The number of carbonyl (C=O) groups is 1. The molecule has 6 heteroatoms. The summed E-state index contributed by atoms with van der Waals surface area (Å²) in [4.78, 5) is 27.0. The van der Waals surface area contributed by atoms with Gasteiger partial charge in [0.05, 0.1) is 22.6 Å². The zero-order valence-corrected chi connectivity index (χ0v) is 17.5. The highest BCUT2D eigenvalue weighted by molar-refractivity contribution is 5.96. The van der Waals surface area contributed by atoms with E-state index in [-0.39, 0.29) is 11.7 Å². The van der Waals surface area contributed by atoms with E-state index in [0.29, 0.717) is 28.2 Å². The molecular formula is C24H23FN4O. The topological polar surface area (TPSA) is 57.9 Å². The van der Waals surface area contributed by atoms with Crippen LogP contribution in [0.1, 0.15) is 22.8 Å². The van der Waals surface area contributed by atoms with Crippen molar-refractivity contribution in [3.8, 4) is 22.4 Å². The molecule has 0 aliphatic rings. The number of benzene rings is 2. The molecule has 1 heterocycles. The third-order valence-electron chi connectivity index (χ3n) is 4.70. The van der Waals surface area contributed by atoms with Crippen LogP contribution in [0.3, 0.4) is 0 Å². The molecule has 152 valence electrons. The Kier molecular flexibility index (Phi) is 6.16. The van der Waals surface area contributed by atoms with Crippen LogP contribution in [0.15, 0.2) is 58.6 Å². The molecule has 2 aromatic carbocycles. The van der Waals surface area contributed by atoms with Crippen molar-refractivity contribution in [3.05, 3.63) is 65.6 Å². The lowest BCUT2D eigenvalue weighted by Gasteiger charge is -2.15. The van der Waals surface area contributed by atoms with Crippen LogP contribution < -0.4 is 0 Å². The van der Waals surface area contributed by atoms with E-state index in [1.54, 1.807) is 51.6 Å². The third-order valence-corrected chi connectivity index (χ3v) is 4.70. The molecule has 0 atom stereocenters. The van der Waals surface area contributed by atoms with E-state index in [2.05, 4.69) is 21.7 Å². The van der Waals surface area contributed by atoms with Crippen molar-refractivity contribution in [2.75, 3.05) is 14.1 Å². The lowest BCUT2D eigenvalue weighted by molar-refractivity contribution is 0.0827. The Morgan fingerprint density at radius 1 is 1.10 bits per heavy atom. The van der Waals surface area contributed by atoms with Gasteiger partial charge >= 0.3 is 0 Å². The first-order valence-electron chi connectivity index (χ1n) is 9.43.